The Balaban J connectivity index is 2.77. The van der Waals surface area contributed by atoms with Gasteiger partial charge in [-0.1, -0.05) is 11.6 Å². The van der Waals surface area contributed by atoms with Gasteiger partial charge in [-0.2, -0.15) is 0 Å². The van der Waals surface area contributed by atoms with E-state index >= 15 is 0 Å². The molecule has 1 N–H and O–H groups in total. The first-order valence-electron chi connectivity index (χ1n) is 3.87. The third kappa shape index (κ3) is 3.09. The summed E-state index contributed by atoms with van der Waals surface area (Å²) in [5, 5.41) is 3.93. The zero-order valence-electron chi connectivity index (χ0n) is 7.56. The van der Waals surface area contributed by atoms with Crippen molar-refractivity contribution in [3.05, 3.63) is 23.4 Å². The van der Waals surface area contributed by atoms with Crippen LogP contribution in [0.4, 0.5) is 5.82 Å². The Morgan fingerprint density at radius 3 is 2.58 bits per heavy atom. The number of halogens is 1. The van der Waals surface area contributed by atoms with Crippen LogP contribution < -0.4 is 5.32 Å². The monoisotopic (exact) mass is 184 g/mol. The maximum absolute atomic E-state index is 5.79. The lowest BCUT2D eigenvalue weighted by molar-refractivity contribution is 0.630. The lowest BCUT2D eigenvalue weighted by Crippen LogP contribution is -2.26. The molecule has 0 amide bonds. The van der Waals surface area contributed by atoms with E-state index in [1.807, 2.05) is 6.07 Å². The summed E-state index contributed by atoms with van der Waals surface area (Å²) >= 11 is 5.79. The lowest BCUT2D eigenvalue weighted by Gasteiger charge is -2.21. The maximum Gasteiger partial charge on any atom is 0.127 e. The molecule has 0 aliphatic rings. The van der Waals surface area contributed by atoms with Crippen LogP contribution in [-0.2, 0) is 0 Å². The molecule has 0 unspecified atom stereocenters. The second kappa shape index (κ2) is 3.31. The highest BCUT2D eigenvalue weighted by Gasteiger charge is 2.09. The van der Waals surface area contributed by atoms with Crippen LogP contribution in [-0.4, -0.2) is 10.5 Å². The van der Waals surface area contributed by atoms with Crippen LogP contribution in [0.25, 0.3) is 0 Å². The molecule has 0 fully saturated rings. The standard InChI is InChI=1S/C9H13ClN2/c1-9(2,3)12-8-6-7(10)4-5-11-8/h4-6H,1-3H3,(H,11,12). The van der Waals surface area contributed by atoms with Crippen molar-refractivity contribution in [2.75, 3.05) is 5.32 Å². The molecule has 12 heavy (non-hydrogen) atoms. The van der Waals surface area contributed by atoms with E-state index in [1.54, 1.807) is 12.3 Å². The molecule has 3 heteroatoms. The van der Waals surface area contributed by atoms with Gasteiger partial charge in [0.25, 0.3) is 0 Å². The summed E-state index contributed by atoms with van der Waals surface area (Å²) in [4.78, 5) is 4.13. The highest BCUT2D eigenvalue weighted by atomic mass is 35.5. The average molecular weight is 185 g/mol. The fraction of sp³-hybridized carbons (Fsp3) is 0.444. The Labute approximate surface area is 78.0 Å². The number of nitrogens with one attached hydrogen (secondary N) is 1. The number of rotatable bonds is 1. The van der Waals surface area contributed by atoms with Gasteiger partial charge < -0.3 is 5.32 Å². The summed E-state index contributed by atoms with van der Waals surface area (Å²) in [7, 11) is 0. The number of hydrogen-bond acceptors (Lipinski definition) is 2. The fourth-order valence-electron chi connectivity index (χ4n) is 0.857. The molecule has 0 radical (unpaired) electrons. The molecule has 1 aromatic rings. The van der Waals surface area contributed by atoms with Crippen molar-refractivity contribution in [2.24, 2.45) is 0 Å². The Bertz CT molecular complexity index is 265. The van der Waals surface area contributed by atoms with Crippen molar-refractivity contribution in [1.29, 1.82) is 0 Å². The van der Waals surface area contributed by atoms with Gasteiger partial charge in [0.2, 0.25) is 0 Å². The molecular formula is C9H13ClN2. The van der Waals surface area contributed by atoms with E-state index in [0.29, 0.717) is 5.02 Å². The molecule has 0 spiro atoms. The van der Waals surface area contributed by atoms with E-state index in [0.717, 1.165) is 5.82 Å². The van der Waals surface area contributed by atoms with Crippen molar-refractivity contribution >= 4 is 17.4 Å². The van der Waals surface area contributed by atoms with Crippen LogP contribution >= 0.6 is 11.6 Å². The predicted molar refractivity (Wildman–Crippen MR) is 52.6 cm³/mol. The molecule has 1 heterocycles. The molecular weight excluding hydrogens is 172 g/mol. The molecule has 2 nitrogen and oxygen atoms in total. The quantitative estimate of drug-likeness (QED) is 0.726. The van der Waals surface area contributed by atoms with E-state index < -0.39 is 0 Å². The minimum atomic E-state index is 0.0255. The van der Waals surface area contributed by atoms with Gasteiger partial charge >= 0.3 is 0 Å². The van der Waals surface area contributed by atoms with Crippen LogP contribution in [0, 0.1) is 0 Å². The summed E-state index contributed by atoms with van der Waals surface area (Å²) in [6, 6.07) is 3.57. The summed E-state index contributed by atoms with van der Waals surface area (Å²) in [6.45, 7) is 6.24. The minimum Gasteiger partial charge on any atom is -0.365 e. The SMILES string of the molecule is CC(C)(C)Nc1cc(Cl)ccn1. The van der Waals surface area contributed by atoms with Gasteiger partial charge in [0, 0.05) is 16.8 Å². The van der Waals surface area contributed by atoms with E-state index in [4.69, 9.17) is 11.6 Å². The van der Waals surface area contributed by atoms with E-state index in [1.165, 1.54) is 0 Å². The molecule has 0 bridgehead atoms. The summed E-state index contributed by atoms with van der Waals surface area (Å²) in [5.41, 5.74) is 0.0255. The van der Waals surface area contributed by atoms with Gasteiger partial charge in [-0.3, -0.25) is 0 Å². The normalized spacial score (nSPS) is 11.3. The highest BCUT2D eigenvalue weighted by molar-refractivity contribution is 6.30. The second-order valence-corrected chi connectivity index (χ2v) is 4.17. The fourth-order valence-corrected chi connectivity index (χ4v) is 1.02. The van der Waals surface area contributed by atoms with Crippen LogP contribution in [0.5, 0.6) is 0 Å². The number of pyridine rings is 1. The molecule has 0 saturated carbocycles. The third-order valence-electron chi connectivity index (χ3n) is 1.23. The third-order valence-corrected chi connectivity index (χ3v) is 1.46. The molecule has 1 aromatic heterocycles. The van der Waals surface area contributed by atoms with Crippen molar-refractivity contribution < 1.29 is 0 Å². The van der Waals surface area contributed by atoms with Crippen LogP contribution in [0.2, 0.25) is 5.02 Å². The van der Waals surface area contributed by atoms with Crippen molar-refractivity contribution in [1.82, 2.24) is 4.98 Å². The Kier molecular flexibility index (Phi) is 2.58. The van der Waals surface area contributed by atoms with E-state index in [9.17, 15) is 0 Å². The van der Waals surface area contributed by atoms with Gasteiger partial charge in [-0.15, -0.1) is 0 Å². The van der Waals surface area contributed by atoms with Crippen LogP contribution in [0.1, 0.15) is 20.8 Å². The second-order valence-electron chi connectivity index (χ2n) is 3.73. The smallest absolute Gasteiger partial charge is 0.127 e. The molecule has 66 valence electrons. The molecule has 0 saturated heterocycles. The molecule has 1 rings (SSSR count). The van der Waals surface area contributed by atoms with Crippen molar-refractivity contribution in [3.8, 4) is 0 Å². The zero-order chi connectivity index (χ0) is 9.19. The number of aromatic nitrogens is 1. The van der Waals surface area contributed by atoms with Gasteiger partial charge in [0.05, 0.1) is 0 Å². The number of hydrogen-bond donors (Lipinski definition) is 1. The van der Waals surface area contributed by atoms with Gasteiger partial charge in [0.1, 0.15) is 5.82 Å². The van der Waals surface area contributed by atoms with E-state index in [2.05, 4.69) is 31.1 Å². The Morgan fingerprint density at radius 2 is 2.08 bits per heavy atom. The van der Waals surface area contributed by atoms with E-state index in [-0.39, 0.29) is 5.54 Å². The summed E-state index contributed by atoms with van der Waals surface area (Å²) < 4.78 is 0. The summed E-state index contributed by atoms with van der Waals surface area (Å²) in [5.74, 6) is 0.815. The molecule has 0 aliphatic carbocycles. The first kappa shape index (κ1) is 9.33. The Morgan fingerprint density at radius 1 is 1.42 bits per heavy atom. The number of anilines is 1. The van der Waals surface area contributed by atoms with Gasteiger partial charge in [-0.05, 0) is 32.9 Å². The zero-order valence-corrected chi connectivity index (χ0v) is 8.31. The highest BCUT2D eigenvalue weighted by Crippen LogP contribution is 2.15. The maximum atomic E-state index is 5.79. The van der Waals surface area contributed by atoms with Crippen molar-refractivity contribution in [3.63, 3.8) is 0 Å². The van der Waals surface area contributed by atoms with Crippen molar-refractivity contribution in [2.45, 2.75) is 26.3 Å². The average Bonchev–Trinajstić information content (AvgIpc) is 1.82. The molecule has 0 aliphatic heterocycles. The van der Waals surface area contributed by atoms with Gasteiger partial charge in [0.15, 0.2) is 0 Å². The lowest BCUT2D eigenvalue weighted by atomic mass is 10.1. The first-order chi connectivity index (χ1) is 5.47. The predicted octanol–water partition coefficient (Wildman–Crippen LogP) is 2.95. The largest absolute Gasteiger partial charge is 0.365 e. The van der Waals surface area contributed by atoms with Crippen LogP contribution in [0.3, 0.4) is 0 Å². The summed E-state index contributed by atoms with van der Waals surface area (Å²) in [6.07, 6.45) is 1.69. The topological polar surface area (TPSA) is 24.9 Å². The number of nitrogens with zero attached hydrogens (tertiary/aromatic N) is 1. The van der Waals surface area contributed by atoms with Crippen LogP contribution in [0.15, 0.2) is 18.3 Å². The molecule has 0 atom stereocenters. The first-order valence-corrected chi connectivity index (χ1v) is 4.25. The minimum absolute atomic E-state index is 0.0255. The van der Waals surface area contributed by atoms with Gasteiger partial charge in [-0.25, -0.2) is 4.98 Å². The Hall–Kier alpha value is -0.760. The molecule has 0 aromatic carbocycles.